The van der Waals surface area contributed by atoms with Crippen molar-refractivity contribution in [3.05, 3.63) is 24.3 Å². The molecule has 0 nitrogen and oxygen atoms in total. The van der Waals surface area contributed by atoms with Crippen LogP contribution in [0.1, 0.15) is 0 Å². The summed E-state index contributed by atoms with van der Waals surface area (Å²) < 4.78 is 0. The topological polar surface area (TPSA) is 0 Å². The second-order valence-corrected chi connectivity index (χ2v) is 14.5. The second-order valence-electron chi connectivity index (χ2n) is 5.51. The fourth-order valence-electron chi connectivity index (χ4n) is 1.60. The molecule has 0 aliphatic carbocycles. The molecule has 0 saturated heterocycles. The average Bonchev–Trinajstić information content (AvgIpc) is 2.01. The van der Waals surface area contributed by atoms with Gasteiger partial charge in [-0.15, -0.1) is 0 Å². The summed E-state index contributed by atoms with van der Waals surface area (Å²) in [6.45, 7) is 14.4. The van der Waals surface area contributed by atoms with Crippen LogP contribution in [0.3, 0.4) is 0 Å². The highest BCUT2D eigenvalue weighted by Crippen LogP contribution is 2.51. The van der Waals surface area contributed by atoms with Crippen molar-refractivity contribution in [2.24, 2.45) is 0 Å². The molecule has 0 fully saturated rings. The highest BCUT2D eigenvalue weighted by atomic mass is 31.2. The molecule has 78 valence electrons. The lowest BCUT2D eigenvalue weighted by atomic mass is 10.4. The molecular formula is C12H22P2+2. The summed E-state index contributed by atoms with van der Waals surface area (Å²) in [5.41, 5.74) is 0. The van der Waals surface area contributed by atoms with Crippen LogP contribution in [0, 0.1) is 0 Å². The van der Waals surface area contributed by atoms with Crippen LogP contribution in [0.4, 0.5) is 0 Å². The summed E-state index contributed by atoms with van der Waals surface area (Å²) >= 11 is 0. The standard InChI is InChI=1S/C12H22P2/c1-13(2,3)11-9-7-8-10-12(11)14(4,5)6/h7-10H,1-6H3/q+2. The van der Waals surface area contributed by atoms with Crippen LogP contribution in [0.15, 0.2) is 24.3 Å². The monoisotopic (exact) mass is 228 g/mol. The van der Waals surface area contributed by atoms with Gasteiger partial charge in [0.15, 0.2) is 0 Å². The predicted molar refractivity (Wildman–Crippen MR) is 75.1 cm³/mol. The zero-order valence-electron chi connectivity index (χ0n) is 10.2. The maximum atomic E-state index is 2.40. The summed E-state index contributed by atoms with van der Waals surface area (Å²) in [4.78, 5) is 0. The summed E-state index contributed by atoms with van der Waals surface area (Å²) in [5, 5.41) is 3.25. The van der Waals surface area contributed by atoms with Gasteiger partial charge in [-0.2, -0.15) is 0 Å². The minimum atomic E-state index is -0.874. The van der Waals surface area contributed by atoms with Gasteiger partial charge in [-0.3, -0.25) is 0 Å². The molecule has 1 aromatic carbocycles. The molecule has 1 rings (SSSR count). The van der Waals surface area contributed by atoms with E-state index in [1.54, 1.807) is 10.6 Å². The van der Waals surface area contributed by atoms with Crippen molar-refractivity contribution in [1.29, 1.82) is 0 Å². The van der Waals surface area contributed by atoms with Crippen molar-refractivity contribution < 1.29 is 0 Å². The van der Waals surface area contributed by atoms with Crippen LogP contribution >= 0.6 is 14.5 Å². The van der Waals surface area contributed by atoms with Gasteiger partial charge >= 0.3 is 0 Å². The van der Waals surface area contributed by atoms with E-state index in [4.69, 9.17) is 0 Å². The van der Waals surface area contributed by atoms with Crippen LogP contribution in [-0.4, -0.2) is 40.0 Å². The Morgan fingerprint density at radius 3 is 1.14 bits per heavy atom. The van der Waals surface area contributed by atoms with E-state index in [-0.39, 0.29) is 0 Å². The van der Waals surface area contributed by atoms with E-state index in [0.29, 0.717) is 0 Å². The lowest BCUT2D eigenvalue weighted by Gasteiger charge is -2.19. The molecule has 0 bridgehead atoms. The van der Waals surface area contributed by atoms with Crippen molar-refractivity contribution in [3.8, 4) is 0 Å². The lowest BCUT2D eigenvalue weighted by molar-refractivity contribution is 1.78. The maximum Gasteiger partial charge on any atom is 0.135 e. The molecule has 1 aromatic rings. The highest BCUT2D eigenvalue weighted by molar-refractivity contribution is 7.86. The van der Waals surface area contributed by atoms with Gasteiger partial charge in [-0.1, -0.05) is 12.1 Å². The van der Waals surface area contributed by atoms with Gasteiger partial charge in [-0.25, -0.2) is 0 Å². The van der Waals surface area contributed by atoms with Gasteiger partial charge in [0.1, 0.15) is 10.6 Å². The summed E-state index contributed by atoms with van der Waals surface area (Å²) in [7, 11) is -1.75. The fraction of sp³-hybridized carbons (Fsp3) is 0.500. The Balaban J connectivity index is 3.31. The predicted octanol–water partition coefficient (Wildman–Crippen LogP) is 2.75. The molecule has 0 unspecified atom stereocenters. The second kappa shape index (κ2) is 3.92. The Hall–Kier alpha value is 0.0800. The lowest BCUT2D eigenvalue weighted by Crippen LogP contribution is -2.28. The molecule has 0 aromatic heterocycles. The summed E-state index contributed by atoms with van der Waals surface area (Å²) in [5.74, 6) is 0. The summed E-state index contributed by atoms with van der Waals surface area (Å²) in [6, 6.07) is 9.02. The van der Waals surface area contributed by atoms with E-state index >= 15 is 0 Å². The van der Waals surface area contributed by atoms with Crippen molar-refractivity contribution in [1.82, 2.24) is 0 Å². The maximum absolute atomic E-state index is 2.40. The zero-order valence-corrected chi connectivity index (χ0v) is 12.0. The van der Waals surface area contributed by atoms with E-state index < -0.39 is 14.5 Å². The smallest absolute Gasteiger partial charge is 0.0581 e. The molecule has 0 amide bonds. The molecule has 14 heavy (non-hydrogen) atoms. The highest BCUT2D eigenvalue weighted by Gasteiger charge is 2.34. The van der Waals surface area contributed by atoms with E-state index in [2.05, 4.69) is 64.3 Å². The molecule has 2 heteroatoms. The van der Waals surface area contributed by atoms with Crippen LogP contribution in [-0.2, 0) is 0 Å². The number of hydrogen-bond acceptors (Lipinski definition) is 0. The molecule has 0 aliphatic rings. The zero-order chi connectivity index (χ0) is 11.0. The van der Waals surface area contributed by atoms with E-state index in [1.165, 1.54) is 0 Å². The van der Waals surface area contributed by atoms with Crippen molar-refractivity contribution >= 4 is 25.1 Å². The quantitative estimate of drug-likeness (QED) is 0.683. The van der Waals surface area contributed by atoms with Crippen LogP contribution in [0.25, 0.3) is 0 Å². The Kier molecular flexibility index (Phi) is 3.40. The molecular weight excluding hydrogens is 206 g/mol. The Bertz CT molecular complexity index is 283. The van der Waals surface area contributed by atoms with E-state index in [9.17, 15) is 0 Å². The fourth-order valence-corrected chi connectivity index (χ4v) is 5.99. The van der Waals surface area contributed by atoms with E-state index in [1.807, 2.05) is 0 Å². The minimum Gasteiger partial charge on any atom is -0.0581 e. The van der Waals surface area contributed by atoms with Crippen LogP contribution in [0.2, 0.25) is 0 Å². The Labute approximate surface area is 89.8 Å². The van der Waals surface area contributed by atoms with Crippen molar-refractivity contribution in [3.63, 3.8) is 0 Å². The number of hydrogen-bond donors (Lipinski definition) is 0. The summed E-state index contributed by atoms with van der Waals surface area (Å²) in [6.07, 6.45) is 0. The third kappa shape index (κ3) is 2.78. The minimum absolute atomic E-state index is 0.874. The van der Waals surface area contributed by atoms with E-state index in [0.717, 1.165) is 0 Å². The Morgan fingerprint density at radius 1 is 0.643 bits per heavy atom. The first-order chi connectivity index (χ1) is 6.23. The molecule has 0 N–H and O–H groups in total. The average molecular weight is 228 g/mol. The van der Waals surface area contributed by atoms with Gasteiger partial charge < -0.3 is 0 Å². The van der Waals surface area contributed by atoms with Gasteiger partial charge in [-0.05, 0) is 12.1 Å². The normalized spacial score (nSPS) is 13.0. The van der Waals surface area contributed by atoms with Crippen molar-refractivity contribution in [2.45, 2.75) is 0 Å². The van der Waals surface area contributed by atoms with Crippen LogP contribution in [0.5, 0.6) is 0 Å². The molecule has 0 atom stereocenters. The third-order valence-corrected chi connectivity index (χ3v) is 6.17. The van der Waals surface area contributed by atoms with Gasteiger partial charge in [0.05, 0.1) is 40.0 Å². The number of benzene rings is 1. The van der Waals surface area contributed by atoms with Gasteiger partial charge in [0.2, 0.25) is 0 Å². The van der Waals surface area contributed by atoms with Crippen molar-refractivity contribution in [2.75, 3.05) is 40.0 Å². The number of rotatable bonds is 2. The third-order valence-electron chi connectivity index (χ3n) is 2.33. The van der Waals surface area contributed by atoms with Gasteiger partial charge in [0, 0.05) is 14.5 Å². The SMILES string of the molecule is C[P+](C)(C)c1ccccc1[P+](C)(C)C. The largest absolute Gasteiger partial charge is 0.135 e. The van der Waals surface area contributed by atoms with Crippen LogP contribution < -0.4 is 10.6 Å². The molecule has 0 radical (unpaired) electrons. The molecule has 0 saturated carbocycles. The first-order valence-corrected chi connectivity index (χ1v) is 11.2. The van der Waals surface area contributed by atoms with Gasteiger partial charge in [0.25, 0.3) is 0 Å². The Morgan fingerprint density at radius 2 is 0.929 bits per heavy atom. The molecule has 0 heterocycles. The first kappa shape index (κ1) is 12.2. The first-order valence-electron chi connectivity index (χ1n) is 4.96. The molecule has 0 aliphatic heterocycles. The molecule has 0 spiro atoms.